The smallest absolute Gasteiger partial charge is 0.337 e. The molecule has 0 atom stereocenters. The first-order chi connectivity index (χ1) is 12.1. The second-order valence-corrected chi connectivity index (χ2v) is 5.74. The second kappa shape index (κ2) is 7.17. The number of rotatable bonds is 5. The van der Waals surface area contributed by atoms with Crippen molar-refractivity contribution in [3.63, 3.8) is 0 Å². The van der Waals surface area contributed by atoms with E-state index >= 15 is 0 Å². The van der Waals surface area contributed by atoms with Crippen molar-refractivity contribution in [2.45, 2.75) is 13.0 Å². The maximum atomic E-state index is 12.5. The highest BCUT2D eigenvalue weighted by atomic mass is 16.5. The number of ether oxygens (including phenoxy) is 1. The van der Waals surface area contributed by atoms with Crippen molar-refractivity contribution in [3.05, 3.63) is 65.4 Å². The number of para-hydroxylation sites is 1. The molecule has 0 aliphatic rings. The number of carbonyl (C=O) groups is 2. The van der Waals surface area contributed by atoms with Crippen molar-refractivity contribution < 1.29 is 18.8 Å². The lowest BCUT2D eigenvalue weighted by Crippen LogP contribution is -2.27. The maximum Gasteiger partial charge on any atom is 0.337 e. The molecule has 0 unspecified atom stereocenters. The Kier molecular flexibility index (Phi) is 4.79. The molecule has 3 rings (SSSR count). The number of hydrogen-bond acceptors (Lipinski definition) is 5. The van der Waals surface area contributed by atoms with Gasteiger partial charge in [0, 0.05) is 19.0 Å². The average molecular weight is 338 g/mol. The highest BCUT2D eigenvalue weighted by Crippen LogP contribution is 2.19. The molecule has 0 aliphatic carbocycles. The van der Waals surface area contributed by atoms with Gasteiger partial charge in [-0.3, -0.25) is 4.79 Å². The lowest BCUT2D eigenvalue weighted by atomic mass is 10.1. The first kappa shape index (κ1) is 16.7. The first-order valence-corrected chi connectivity index (χ1v) is 7.83. The largest absolute Gasteiger partial charge is 0.465 e. The summed E-state index contributed by atoms with van der Waals surface area (Å²) in [6.07, 6.45) is 0.174. The first-order valence-electron chi connectivity index (χ1n) is 7.83. The number of fused-ring (bicyclic) bond motifs is 1. The molecule has 6 nitrogen and oxygen atoms in total. The minimum Gasteiger partial charge on any atom is -0.465 e. The fourth-order valence-corrected chi connectivity index (χ4v) is 2.57. The van der Waals surface area contributed by atoms with Crippen LogP contribution in [0.25, 0.3) is 11.0 Å². The molecule has 1 heterocycles. The van der Waals surface area contributed by atoms with Crippen molar-refractivity contribution in [2.75, 3.05) is 14.2 Å². The zero-order chi connectivity index (χ0) is 17.8. The van der Waals surface area contributed by atoms with E-state index in [1.165, 1.54) is 7.11 Å². The van der Waals surface area contributed by atoms with Crippen LogP contribution in [0.1, 0.15) is 21.6 Å². The Morgan fingerprint density at radius 2 is 1.84 bits per heavy atom. The summed E-state index contributed by atoms with van der Waals surface area (Å²) in [5.74, 6) is -0.440. The molecule has 128 valence electrons. The normalized spacial score (nSPS) is 10.6. The molecule has 0 saturated heterocycles. The van der Waals surface area contributed by atoms with Crippen LogP contribution in [-0.4, -0.2) is 36.1 Å². The highest BCUT2D eigenvalue weighted by Gasteiger charge is 2.16. The molecule has 1 amide bonds. The Bertz CT molecular complexity index is 899. The molecule has 2 aromatic carbocycles. The molecular formula is C19H18N2O4. The number of esters is 1. The molecule has 0 saturated carbocycles. The number of methoxy groups -OCH3 is 1. The SMILES string of the molecule is COC(=O)c1ccc(CN(C)C(=O)Cc2noc3ccccc23)cc1. The van der Waals surface area contributed by atoms with E-state index in [0.29, 0.717) is 23.4 Å². The number of aromatic nitrogens is 1. The van der Waals surface area contributed by atoms with Crippen molar-refractivity contribution >= 4 is 22.8 Å². The van der Waals surface area contributed by atoms with E-state index in [2.05, 4.69) is 9.89 Å². The second-order valence-electron chi connectivity index (χ2n) is 5.74. The third-order valence-corrected chi connectivity index (χ3v) is 3.99. The molecular weight excluding hydrogens is 320 g/mol. The van der Waals surface area contributed by atoms with E-state index in [-0.39, 0.29) is 18.3 Å². The number of benzene rings is 2. The number of amides is 1. The molecule has 6 heteroatoms. The van der Waals surface area contributed by atoms with Crippen molar-refractivity contribution in [3.8, 4) is 0 Å². The molecule has 0 fully saturated rings. The lowest BCUT2D eigenvalue weighted by Gasteiger charge is -2.17. The molecule has 3 aromatic rings. The van der Waals surface area contributed by atoms with Gasteiger partial charge in [0.2, 0.25) is 5.91 Å². The van der Waals surface area contributed by atoms with Gasteiger partial charge < -0.3 is 14.2 Å². The van der Waals surface area contributed by atoms with Gasteiger partial charge in [0.25, 0.3) is 0 Å². The highest BCUT2D eigenvalue weighted by molar-refractivity contribution is 5.89. The van der Waals surface area contributed by atoms with Crippen LogP contribution in [0.3, 0.4) is 0 Å². The van der Waals surface area contributed by atoms with Gasteiger partial charge >= 0.3 is 5.97 Å². The standard InChI is InChI=1S/C19H18N2O4/c1-21(12-13-7-9-14(10-8-13)19(23)24-2)18(22)11-16-15-5-3-4-6-17(15)25-20-16/h3-10H,11-12H2,1-2H3. The summed E-state index contributed by atoms with van der Waals surface area (Å²) in [5, 5.41) is 4.84. The van der Waals surface area contributed by atoms with Crippen LogP contribution in [0, 0.1) is 0 Å². The Morgan fingerprint density at radius 1 is 1.12 bits per heavy atom. The molecule has 0 radical (unpaired) electrons. The predicted molar refractivity (Wildman–Crippen MR) is 92.0 cm³/mol. The summed E-state index contributed by atoms with van der Waals surface area (Å²) in [6.45, 7) is 0.441. The number of hydrogen-bond donors (Lipinski definition) is 0. The van der Waals surface area contributed by atoms with E-state index in [9.17, 15) is 9.59 Å². The van der Waals surface area contributed by atoms with E-state index < -0.39 is 0 Å². The number of carbonyl (C=O) groups excluding carboxylic acids is 2. The molecule has 0 bridgehead atoms. The van der Waals surface area contributed by atoms with Gasteiger partial charge in [-0.1, -0.05) is 29.4 Å². The Balaban J connectivity index is 1.65. The van der Waals surface area contributed by atoms with Crippen LogP contribution in [-0.2, 0) is 22.5 Å². The molecule has 25 heavy (non-hydrogen) atoms. The Morgan fingerprint density at radius 3 is 2.56 bits per heavy atom. The topological polar surface area (TPSA) is 72.6 Å². The van der Waals surface area contributed by atoms with Crippen LogP contribution in [0.2, 0.25) is 0 Å². The van der Waals surface area contributed by atoms with Gasteiger partial charge in [-0.05, 0) is 29.8 Å². The van der Waals surface area contributed by atoms with Gasteiger partial charge in [-0.15, -0.1) is 0 Å². The Hall–Kier alpha value is -3.15. The fourth-order valence-electron chi connectivity index (χ4n) is 2.57. The van der Waals surface area contributed by atoms with E-state index in [4.69, 9.17) is 4.52 Å². The molecule has 0 aliphatic heterocycles. The van der Waals surface area contributed by atoms with Gasteiger partial charge in [-0.2, -0.15) is 0 Å². The van der Waals surface area contributed by atoms with E-state index in [1.807, 2.05) is 36.4 Å². The minimum atomic E-state index is -0.381. The lowest BCUT2D eigenvalue weighted by molar-refractivity contribution is -0.129. The van der Waals surface area contributed by atoms with Crippen LogP contribution < -0.4 is 0 Å². The van der Waals surface area contributed by atoms with Gasteiger partial charge in [-0.25, -0.2) is 4.79 Å². The summed E-state index contributed by atoms with van der Waals surface area (Å²) in [7, 11) is 3.08. The van der Waals surface area contributed by atoms with Crippen molar-refractivity contribution in [1.29, 1.82) is 0 Å². The quantitative estimate of drug-likeness (QED) is 0.669. The zero-order valence-electron chi connectivity index (χ0n) is 14.1. The summed E-state index contributed by atoms with van der Waals surface area (Å²) in [4.78, 5) is 25.5. The molecule has 0 N–H and O–H groups in total. The van der Waals surface area contributed by atoms with Gasteiger partial charge in [0.05, 0.1) is 19.1 Å². The Labute approximate surface area is 145 Å². The third-order valence-electron chi connectivity index (χ3n) is 3.99. The van der Waals surface area contributed by atoms with Gasteiger partial charge in [0.15, 0.2) is 5.58 Å². The maximum absolute atomic E-state index is 12.5. The summed E-state index contributed by atoms with van der Waals surface area (Å²) < 4.78 is 9.90. The van der Waals surface area contributed by atoms with E-state index in [0.717, 1.165) is 10.9 Å². The van der Waals surface area contributed by atoms with E-state index in [1.54, 1.807) is 24.1 Å². The van der Waals surface area contributed by atoms with Crippen LogP contribution in [0.15, 0.2) is 53.1 Å². The van der Waals surface area contributed by atoms with Crippen molar-refractivity contribution in [2.24, 2.45) is 0 Å². The van der Waals surface area contributed by atoms with Crippen LogP contribution in [0.4, 0.5) is 0 Å². The number of likely N-dealkylation sites (N-methyl/N-ethyl adjacent to an activating group) is 1. The fraction of sp³-hybridized carbons (Fsp3) is 0.211. The van der Waals surface area contributed by atoms with Gasteiger partial charge in [0.1, 0.15) is 5.69 Å². The molecule has 0 spiro atoms. The number of nitrogens with zero attached hydrogens (tertiary/aromatic N) is 2. The van der Waals surface area contributed by atoms with Crippen molar-refractivity contribution in [1.82, 2.24) is 10.1 Å². The third kappa shape index (κ3) is 3.68. The van der Waals surface area contributed by atoms with Crippen LogP contribution in [0.5, 0.6) is 0 Å². The zero-order valence-corrected chi connectivity index (χ0v) is 14.1. The summed E-state index contributed by atoms with van der Waals surface area (Å²) in [5.41, 5.74) is 2.71. The summed E-state index contributed by atoms with van der Waals surface area (Å²) >= 11 is 0. The minimum absolute atomic E-state index is 0.0592. The average Bonchev–Trinajstić information content (AvgIpc) is 3.04. The predicted octanol–water partition coefficient (Wildman–Crippen LogP) is 2.82. The van der Waals surface area contributed by atoms with Crippen LogP contribution >= 0.6 is 0 Å². The monoisotopic (exact) mass is 338 g/mol. The molecule has 1 aromatic heterocycles. The summed E-state index contributed by atoms with van der Waals surface area (Å²) in [6, 6.07) is 14.4.